The Bertz CT molecular complexity index is 460. The highest BCUT2D eigenvalue weighted by molar-refractivity contribution is 6.30. The van der Waals surface area contributed by atoms with Gasteiger partial charge in [0.2, 0.25) is 11.8 Å². The van der Waals surface area contributed by atoms with E-state index in [0.29, 0.717) is 17.9 Å². The van der Waals surface area contributed by atoms with Gasteiger partial charge in [0.1, 0.15) is 6.04 Å². The van der Waals surface area contributed by atoms with Crippen molar-refractivity contribution in [2.24, 2.45) is 11.8 Å². The standard InChI is InChI=1S/C13H16ClNO4/c1-3-19-13(18)7(2)15-11(16)9-5-4-8(14)6-10(9)12(15)17/h4,7,9-10H,3,5-6H2,1-2H3/t7-,9+,10+/m0/s1. The molecule has 2 aliphatic rings. The molecule has 1 saturated heterocycles. The van der Waals surface area contributed by atoms with Crippen molar-refractivity contribution < 1.29 is 19.1 Å². The lowest BCUT2D eigenvalue weighted by molar-refractivity contribution is -0.157. The minimum Gasteiger partial charge on any atom is -0.464 e. The van der Waals surface area contributed by atoms with Gasteiger partial charge in [0.05, 0.1) is 18.4 Å². The van der Waals surface area contributed by atoms with Crippen molar-refractivity contribution in [3.8, 4) is 0 Å². The molecule has 0 aromatic heterocycles. The summed E-state index contributed by atoms with van der Waals surface area (Å²) in [4.78, 5) is 37.2. The van der Waals surface area contributed by atoms with E-state index in [4.69, 9.17) is 16.3 Å². The van der Waals surface area contributed by atoms with E-state index in [1.807, 2.05) is 0 Å². The van der Waals surface area contributed by atoms with Gasteiger partial charge in [-0.2, -0.15) is 0 Å². The Morgan fingerprint density at radius 2 is 2.11 bits per heavy atom. The molecular weight excluding hydrogens is 270 g/mol. The molecular formula is C13H16ClNO4. The molecule has 0 saturated carbocycles. The average molecular weight is 286 g/mol. The summed E-state index contributed by atoms with van der Waals surface area (Å²) < 4.78 is 4.86. The van der Waals surface area contributed by atoms with E-state index in [-0.39, 0.29) is 24.3 Å². The van der Waals surface area contributed by atoms with Crippen LogP contribution in [0.5, 0.6) is 0 Å². The maximum atomic E-state index is 12.3. The van der Waals surface area contributed by atoms with E-state index in [0.717, 1.165) is 4.90 Å². The number of ether oxygens (including phenoxy) is 1. The Labute approximate surface area is 116 Å². The molecule has 1 fully saturated rings. The lowest BCUT2D eigenvalue weighted by Gasteiger charge is -2.21. The van der Waals surface area contributed by atoms with E-state index in [9.17, 15) is 14.4 Å². The van der Waals surface area contributed by atoms with Crippen LogP contribution in [0.2, 0.25) is 0 Å². The first kappa shape index (κ1) is 14.1. The number of fused-ring (bicyclic) bond motifs is 1. The normalized spacial score (nSPS) is 27.9. The number of esters is 1. The van der Waals surface area contributed by atoms with Gasteiger partial charge in [-0.25, -0.2) is 4.79 Å². The highest BCUT2D eigenvalue weighted by Crippen LogP contribution is 2.39. The van der Waals surface area contributed by atoms with Crippen LogP contribution in [0.15, 0.2) is 11.1 Å². The molecule has 1 aliphatic carbocycles. The first-order valence-corrected chi connectivity index (χ1v) is 6.73. The van der Waals surface area contributed by atoms with Gasteiger partial charge in [0, 0.05) is 5.03 Å². The molecule has 0 spiro atoms. The summed E-state index contributed by atoms with van der Waals surface area (Å²) in [5.41, 5.74) is 0. The Morgan fingerprint density at radius 3 is 2.74 bits per heavy atom. The summed E-state index contributed by atoms with van der Waals surface area (Å²) in [6, 6.07) is -0.871. The number of rotatable bonds is 3. The fourth-order valence-corrected chi connectivity index (χ4v) is 2.86. The summed E-state index contributed by atoms with van der Waals surface area (Å²) in [6.07, 6.45) is 2.61. The van der Waals surface area contributed by atoms with Crippen molar-refractivity contribution in [2.45, 2.75) is 32.7 Å². The van der Waals surface area contributed by atoms with Crippen LogP contribution in [0.1, 0.15) is 26.7 Å². The highest BCUT2D eigenvalue weighted by atomic mass is 35.5. The van der Waals surface area contributed by atoms with Gasteiger partial charge in [0.15, 0.2) is 0 Å². The first-order valence-electron chi connectivity index (χ1n) is 6.35. The van der Waals surface area contributed by atoms with Crippen LogP contribution in [0, 0.1) is 11.8 Å². The second-order valence-electron chi connectivity index (χ2n) is 4.78. The summed E-state index contributed by atoms with van der Waals surface area (Å²) >= 11 is 5.92. The van der Waals surface area contributed by atoms with Crippen molar-refractivity contribution in [1.82, 2.24) is 4.90 Å². The number of carbonyl (C=O) groups excluding carboxylic acids is 3. The molecule has 0 radical (unpaired) electrons. The molecule has 19 heavy (non-hydrogen) atoms. The number of hydrogen-bond donors (Lipinski definition) is 0. The lowest BCUT2D eigenvalue weighted by Crippen LogP contribution is -2.44. The lowest BCUT2D eigenvalue weighted by atomic mass is 9.85. The van der Waals surface area contributed by atoms with Crippen molar-refractivity contribution in [2.75, 3.05) is 6.61 Å². The Hall–Kier alpha value is -1.36. The number of hydrogen-bond acceptors (Lipinski definition) is 4. The monoisotopic (exact) mass is 285 g/mol. The molecule has 6 heteroatoms. The van der Waals surface area contributed by atoms with Crippen molar-refractivity contribution in [3.63, 3.8) is 0 Å². The van der Waals surface area contributed by atoms with Crippen LogP contribution in [-0.4, -0.2) is 35.3 Å². The van der Waals surface area contributed by atoms with Crippen LogP contribution in [0.4, 0.5) is 0 Å². The molecule has 2 rings (SSSR count). The number of amides is 2. The van der Waals surface area contributed by atoms with Gasteiger partial charge in [0.25, 0.3) is 0 Å². The molecule has 0 bridgehead atoms. The zero-order valence-corrected chi connectivity index (χ0v) is 11.6. The van der Waals surface area contributed by atoms with E-state index in [1.165, 1.54) is 6.92 Å². The van der Waals surface area contributed by atoms with Crippen molar-refractivity contribution >= 4 is 29.4 Å². The minimum absolute atomic E-state index is 0.222. The van der Waals surface area contributed by atoms with Gasteiger partial charge < -0.3 is 4.74 Å². The summed E-state index contributed by atoms with van der Waals surface area (Å²) in [5, 5.41) is 0.605. The molecule has 1 aliphatic heterocycles. The van der Waals surface area contributed by atoms with Crippen molar-refractivity contribution in [1.29, 1.82) is 0 Å². The maximum Gasteiger partial charge on any atom is 0.329 e. The van der Waals surface area contributed by atoms with Crippen LogP contribution >= 0.6 is 11.6 Å². The topological polar surface area (TPSA) is 63.7 Å². The van der Waals surface area contributed by atoms with Crippen LogP contribution < -0.4 is 0 Å². The number of allylic oxidation sites excluding steroid dienone is 2. The zero-order valence-electron chi connectivity index (χ0n) is 10.9. The van der Waals surface area contributed by atoms with E-state index >= 15 is 0 Å². The third-order valence-electron chi connectivity index (χ3n) is 3.62. The Kier molecular flexibility index (Phi) is 3.94. The molecule has 5 nitrogen and oxygen atoms in total. The van der Waals surface area contributed by atoms with Gasteiger partial charge in [-0.1, -0.05) is 17.7 Å². The van der Waals surface area contributed by atoms with E-state index in [1.54, 1.807) is 13.0 Å². The second kappa shape index (κ2) is 5.33. The molecule has 0 unspecified atom stereocenters. The number of carbonyl (C=O) groups is 3. The third kappa shape index (κ3) is 2.39. The van der Waals surface area contributed by atoms with Crippen molar-refractivity contribution in [3.05, 3.63) is 11.1 Å². The molecule has 0 aromatic rings. The molecule has 0 aromatic carbocycles. The number of halogens is 1. The Morgan fingerprint density at radius 1 is 1.47 bits per heavy atom. The van der Waals surface area contributed by atoms with Gasteiger partial charge in [-0.05, 0) is 26.7 Å². The van der Waals surface area contributed by atoms with E-state index < -0.39 is 17.9 Å². The number of likely N-dealkylation sites (tertiary alicyclic amines) is 1. The maximum absolute atomic E-state index is 12.3. The molecule has 1 heterocycles. The minimum atomic E-state index is -0.871. The molecule has 104 valence electrons. The smallest absolute Gasteiger partial charge is 0.329 e. The zero-order chi connectivity index (χ0) is 14.2. The quantitative estimate of drug-likeness (QED) is 0.582. The van der Waals surface area contributed by atoms with Gasteiger partial charge in [-0.3, -0.25) is 14.5 Å². The summed E-state index contributed by atoms with van der Waals surface area (Å²) in [7, 11) is 0. The first-order chi connectivity index (χ1) is 8.97. The van der Waals surface area contributed by atoms with Crippen LogP contribution in [0.25, 0.3) is 0 Å². The molecule has 3 atom stereocenters. The van der Waals surface area contributed by atoms with Gasteiger partial charge >= 0.3 is 5.97 Å². The largest absolute Gasteiger partial charge is 0.464 e. The third-order valence-corrected chi connectivity index (χ3v) is 3.93. The summed E-state index contributed by atoms with van der Waals surface area (Å²) in [5.74, 6) is -1.98. The predicted octanol–water partition coefficient (Wildman–Crippen LogP) is 1.46. The summed E-state index contributed by atoms with van der Waals surface area (Å²) in [6.45, 7) is 3.42. The van der Waals surface area contributed by atoms with Crippen LogP contribution in [-0.2, 0) is 19.1 Å². The number of nitrogens with zero attached hydrogens (tertiary/aromatic N) is 1. The predicted molar refractivity (Wildman–Crippen MR) is 68.1 cm³/mol. The molecule has 2 amide bonds. The van der Waals surface area contributed by atoms with Crippen LogP contribution in [0.3, 0.4) is 0 Å². The highest BCUT2D eigenvalue weighted by Gasteiger charge is 2.51. The van der Waals surface area contributed by atoms with Gasteiger partial charge in [-0.15, -0.1) is 0 Å². The SMILES string of the molecule is CCOC(=O)[C@H](C)N1C(=O)[C@@H]2CC=C(Cl)C[C@H]2C1=O. The van der Waals surface area contributed by atoms with E-state index in [2.05, 4.69) is 0 Å². The average Bonchev–Trinajstić information content (AvgIpc) is 2.61. The molecule has 0 N–H and O–H groups in total. The fraction of sp³-hybridized carbons (Fsp3) is 0.615. The fourth-order valence-electron chi connectivity index (χ4n) is 2.60. The number of imide groups is 1. The second-order valence-corrected chi connectivity index (χ2v) is 5.26. The Balaban J connectivity index is 2.19.